The van der Waals surface area contributed by atoms with Crippen molar-refractivity contribution in [1.82, 2.24) is 4.90 Å². The summed E-state index contributed by atoms with van der Waals surface area (Å²) in [6.45, 7) is 11.2. The summed E-state index contributed by atoms with van der Waals surface area (Å²) in [7, 11) is 0. The predicted octanol–water partition coefficient (Wildman–Crippen LogP) is 5.57. The average molecular weight is 519 g/mol. The zero-order chi connectivity index (χ0) is 23.4. The fourth-order valence-electron chi connectivity index (χ4n) is 3.65. The van der Waals surface area contributed by atoms with E-state index in [0.29, 0.717) is 12.3 Å². The van der Waals surface area contributed by atoms with E-state index in [9.17, 15) is 18.1 Å². The van der Waals surface area contributed by atoms with Gasteiger partial charge in [0, 0.05) is 18.4 Å². The number of hydrogen-bond donors (Lipinski definition) is 0. The van der Waals surface area contributed by atoms with Gasteiger partial charge in [0.05, 0.1) is 16.2 Å². The number of nitrogens with zero attached hydrogens (tertiary/aromatic N) is 2. The second-order valence-electron chi connectivity index (χ2n) is 10.3. The maximum absolute atomic E-state index is 14.8. The van der Waals surface area contributed by atoms with Gasteiger partial charge in [-0.05, 0) is 88.0 Å². The summed E-state index contributed by atoms with van der Waals surface area (Å²) in [6, 6.07) is 1.53. The van der Waals surface area contributed by atoms with E-state index in [1.54, 1.807) is 20.8 Å². The maximum atomic E-state index is 14.8. The second kappa shape index (κ2) is 8.30. The normalized spacial score (nSPS) is 22.8. The Hall–Kier alpha value is -1.19. The van der Waals surface area contributed by atoms with Gasteiger partial charge in [0.1, 0.15) is 33.3 Å². The molecule has 1 aromatic rings. The van der Waals surface area contributed by atoms with E-state index in [4.69, 9.17) is 4.74 Å². The Labute approximate surface area is 194 Å². The monoisotopic (exact) mass is 518 g/mol. The van der Waals surface area contributed by atoms with Crippen LogP contribution in [-0.4, -0.2) is 44.2 Å². The first-order valence-electron chi connectivity index (χ1n) is 10.3. The molecule has 1 heterocycles. The van der Waals surface area contributed by atoms with Crippen molar-refractivity contribution >= 4 is 39.1 Å². The van der Waals surface area contributed by atoms with Crippen LogP contribution in [0.2, 0.25) is 0 Å². The minimum absolute atomic E-state index is 0.0159. The lowest BCUT2D eigenvalue weighted by Gasteiger charge is -2.29. The number of benzene rings is 1. The molecule has 0 radical (unpaired) electrons. The quantitative estimate of drug-likeness (QED) is 0.387. The molecule has 5 nitrogen and oxygen atoms in total. The van der Waals surface area contributed by atoms with Crippen molar-refractivity contribution in [2.75, 3.05) is 6.54 Å². The predicted molar refractivity (Wildman–Crippen MR) is 121 cm³/mol. The Morgan fingerprint density at radius 3 is 2.42 bits per heavy atom. The number of halogens is 3. The van der Waals surface area contributed by atoms with Crippen LogP contribution >= 0.6 is 15.9 Å². The van der Waals surface area contributed by atoms with Gasteiger partial charge in [0.15, 0.2) is 0 Å². The van der Waals surface area contributed by atoms with Crippen LogP contribution in [0.15, 0.2) is 21.0 Å². The van der Waals surface area contributed by atoms with Gasteiger partial charge < -0.3 is 9.29 Å². The third-order valence-corrected chi connectivity index (χ3v) is 7.36. The third kappa shape index (κ3) is 5.42. The van der Waals surface area contributed by atoms with E-state index >= 15 is 0 Å². The lowest BCUT2D eigenvalue weighted by Crippen LogP contribution is -2.43. The lowest BCUT2D eigenvalue weighted by molar-refractivity contribution is 0.0232. The first-order valence-corrected chi connectivity index (χ1v) is 12.2. The number of rotatable bonds is 3. The summed E-state index contributed by atoms with van der Waals surface area (Å²) in [6.07, 6.45) is 1.09. The number of carbonyl (C=O) groups is 1. The summed E-state index contributed by atoms with van der Waals surface area (Å²) >= 11 is 1.51. The molecule has 172 valence electrons. The minimum Gasteiger partial charge on any atom is -0.591 e. The molecule has 1 aromatic carbocycles. The molecule has 2 fully saturated rings. The van der Waals surface area contributed by atoms with Crippen LogP contribution in [0.1, 0.15) is 59.9 Å². The molecule has 0 aromatic heterocycles. The molecule has 2 atom stereocenters. The van der Waals surface area contributed by atoms with Crippen molar-refractivity contribution in [1.29, 1.82) is 0 Å². The molecule has 0 N–H and O–H groups in total. The zero-order valence-corrected chi connectivity index (χ0v) is 21.1. The smallest absolute Gasteiger partial charge is 0.410 e. The van der Waals surface area contributed by atoms with Gasteiger partial charge >= 0.3 is 6.09 Å². The van der Waals surface area contributed by atoms with E-state index < -0.39 is 45.5 Å². The molecule has 2 aliphatic rings. The SMILES string of the molecule is CC(C)(C)OC(=O)N1CC2(CC2)C(=N[S+]([O-])C(C)(C)C)C1Cc1cc(F)cc(Br)c1F. The Morgan fingerprint density at radius 1 is 1.29 bits per heavy atom. The average Bonchev–Trinajstić information content (AvgIpc) is 3.31. The molecule has 1 saturated heterocycles. The van der Waals surface area contributed by atoms with Crippen LogP contribution in [-0.2, 0) is 22.5 Å². The van der Waals surface area contributed by atoms with Crippen LogP contribution in [0.5, 0.6) is 0 Å². The number of likely N-dealkylation sites (tertiary alicyclic amines) is 1. The fraction of sp³-hybridized carbons (Fsp3) is 0.636. The van der Waals surface area contributed by atoms with Crippen molar-refractivity contribution in [3.05, 3.63) is 33.8 Å². The highest BCUT2D eigenvalue weighted by Gasteiger charge is 2.60. The molecule has 9 heteroatoms. The van der Waals surface area contributed by atoms with E-state index in [0.717, 1.165) is 25.0 Å². The van der Waals surface area contributed by atoms with Gasteiger partial charge in [-0.1, -0.05) is 4.40 Å². The van der Waals surface area contributed by atoms with Gasteiger partial charge in [-0.25, -0.2) is 13.6 Å². The topological polar surface area (TPSA) is 65.0 Å². The first-order chi connectivity index (χ1) is 14.1. The molecule has 0 bridgehead atoms. The highest BCUT2D eigenvalue weighted by molar-refractivity contribution is 9.10. The third-order valence-electron chi connectivity index (χ3n) is 5.38. The van der Waals surface area contributed by atoms with Crippen LogP contribution in [0.25, 0.3) is 0 Å². The fourth-order valence-corrected chi connectivity index (χ4v) is 4.89. The summed E-state index contributed by atoms with van der Waals surface area (Å²) in [5.74, 6) is -1.17. The van der Waals surface area contributed by atoms with Crippen LogP contribution in [0, 0.1) is 17.0 Å². The molecule has 1 amide bonds. The Kier molecular flexibility index (Phi) is 6.55. The Morgan fingerprint density at radius 2 is 1.90 bits per heavy atom. The molecule has 2 unspecified atom stereocenters. The van der Waals surface area contributed by atoms with Gasteiger partial charge in [-0.2, -0.15) is 0 Å². The highest BCUT2D eigenvalue weighted by atomic mass is 79.9. The van der Waals surface area contributed by atoms with E-state index in [2.05, 4.69) is 20.3 Å². The number of carbonyl (C=O) groups excluding carboxylic acids is 1. The summed E-state index contributed by atoms with van der Waals surface area (Å²) in [5, 5.41) is 0. The molecule has 1 aliphatic heterocycles. The number of amides is 1. The van der Waals surface area contributed by atoms with Crippen molar-refractivity contribution < 1.29 is 22.9 Å². The number of hydrogen-bond acceptors (Lipinski definition) is 4. The Balaban J connectivity index is 2.04. The van der Waals surface area contributed by atoms with Crippen molar-refractivity contribution in [2.45, 2.75) is 77.2 Å². The zero-order valence-electron chi connectivity index (χ0n) is 18.7. The van der Waals surface area contributed by atoms with Gasteiger partial charge in [0.2, 0.25) is 0 Å². The van der Waals surface area contributed by atoms with Gasteiger partial charge in [-0.15, -0.1) is 0 Å². The van der Waals surface area contributed by atoms with Crippen molar-refractivity contribution in [2.24, 2.45) is 9.81 Å². The first kappa shape index (κ1) is 24.5. The van der Waals surface area contributed by atoms with Crippen LogP contribution in [0.4, 0.5) is 13.6 Å². The van der Waals surface area contributed by atoms with Crippen molar-refractivity contribution in [3.8, 4) is 0 Å². The van der Waals surface area contributed by atoms with Crippen molar-refractivity contribution in [3.63, 3.8) is 0 Å². The lowest BCUT2D eigenvalue weighted by atomic mass is 9.95. The highest BCUT2D eigenvalue weighted by Crippen LogP contribution is 2.54. The summed E-state index contributed by atoms with van der Waals surface area (Å²) in [4.78, 5) is 14.6. The van der Waals surface area contributed by atoms with E-state index in [1.807, 2.05) is 20.8 Å². The Bertz CT molecular complexity index is 907. The molecule has 1 saturated carbocycles. The molecular formula is C22H29BrF2N2O3S. The minimum atomic E-state index is -1.54. The summed E-state index contributed by atoms with van der Waals surface area (Å²) < 4.78 is 51.2. The molecule has 31 heavy (non-hydrogen) atoms. The molecular weight excluding hydrogens is 490 g/mol. The number of ether oxygens (including phenoxy) is 1. The van der Waals surface area contributed by atoms with E-state index in [1.165, 1.54) is 4.90 Å². The van der Waals surface area contributed by atoms with Crippen LogP contribution in [0.3, 0.4) is 0 Å². The van der Waals surface area contributed by atoms with E-state index in [-0.39, 0.29) is 21.9 Å². The molecule has 1 spiro atoms. The molecule has 1 aliphatic carbocycles. The van der Waals surface area contributed by atoms with Gasteiger partial charge in [0.25, 0.3) is 0 Å². The second-order valence-corrected chi connectivity index (χ2v) is 13.1. The largest absolute Gasteiger partial charge is 0.591 e. The van der Waals surface area contributed by atoms with Gasteiger partial charge in [-0.3, -0.25) is 4.90 Å². The van der Waals surface area contributed by atoms with Crippen LogP contribution < -0.4 is 0 Å². The standard InChI is InChI=1S/C22H29BrF2N2O3S/c1-20(2,3)30-19(28)27-12-22(7-8-22)18(26-31(29)21(4,5)6)16(27)10-13-9-14(24)11-15(23)17(13)25/h9,11,16H,7-8,10,12H2,1-6H3. The maximum Gasteiger partial charge on any atom is 0.410 e. The summed E-state index contributed by atoms with van der Waals surface area (Å²) in [5.41, 5.74) is -0.341. The molecule has 3 rings (SSSR count).